The molecule has 1 unspecified atom stereocenters. The van der Waals surface area contributed by atoms with E-state index in [-0.39, 0.29) is 34.3 Å². The van der Waals surface area contributed by atoms with Crippen molar-refractivity contribution in [2.45, 2.75) is 72.1 Å². The van der Waals surface area contributed by atoms with E-state index in [0.717, 1.165) is 0 Å². The highest BCUT2D eigenvalue weighted by molar-refractivity contribution is 5.86. The number of esters is 1. The van der Waals surface area contributed by atoms with Crippen LogP contribution in [0.3, 0.4) is 0 Å². The van der Waals surface area contributed by atoms with Crippen molar-refractivity contribution in [3.05, 3.63) is 94.1 Å². The lowest BCUT2D eigenvalue weighted by Crippen LogP contribution is -2.46. The molecule has 1 heterocycles. The predicted octanol–water partition coefficient (Wildman–Crippen LogP) is 7.26. The van der Waals surface area contributed by atoms with Crippen LogP contribution in [0.15, 0.2) is 75.9 Å². The van der Waals surface area contributed by atoms with E-state index in [9.17, 15) is 23.6 Å². The molecule has 1 atom stereocenters. The molecule has 11 heteroatoms. The molecule has 4 rings (SSSR count). The topological polar surface area (TPSA) is 130 Å². The fraction of sp³-hybridized carbons (Fsp3) is 0.314. The number of carbonyl (C=O) groups excluding carboxylic acids is 3. The summed E-state index contributed by atoms with van der Waals surface area (Å²) in [7, 11) is 0. The number of hydrogen-bond donors (Lipinski definition) is 1. The third kappa shape index (κ3) is 9.16. The maximum atomic E-state index is 13.4. The Labute approximate surface area is 265 Å². The summed E-state index contributed by atoms with van der Waals surface area (Å²) in [5.41, 5.74) is -0.280. The Hall–Kier alpha value is -5.19. The monoisotopic (exact) mass is 633 g/mol. The van der Waals surface area contributed by atoms with Gasteiger partial charge in [0.25, 0.3) is 0 Å². The van der Waals surface area contributed by atoms with Crippen LogP contribution in [0.2, 0.25) is 0 Å². The summed E-state index contributed by atoms with van der Waals surface area (Å²) in [6.07, 6.45) is -1.68. The maximum Gasteiger partial charge on any atom is 0.514 e. The maximum absolute atomic E-state index is 13.4. The highest BCUT2D eigenvalue weighted by Gasteiger charge is 2.27. The van der Waals surface area contributed by atoms with Gasteiger partial charge in [0.1, 0.15) is 45.9 Å². The lowest BCUT2D eigenvalue weighted by molar-refractivity contribution is -0.136. The summed E-state index contributed by atoms with van der Waals surface area (Å²) >= 11 is 0. The van der Waals surface area contributed by atoms with E-state index in [1.165, 1.54) is 54.6 Å². The summed E-state index contributed by atoms with van der Waals surface area (Å²) in [6, 6.07) is 15.0. The number of benzene rings is 3. The SMILES string of the molecule is Cc1oc2cc(OC(=O)C(Cc3ccc(OC(=O)OC(C)(C)C)cc3)NC(=O)OC(C)(C)C)ccc2c(=O)c1-c1ccc(F)cc1. The second-order valence-corrected chi connectivity index (χ2v) is 12.6. The number of nitrogens with one attached hydrogen (secondary N) is 1. The fourth-order valence-electron chi connectivity index (χ4n) is 4.43. The highest BCUT2D eigenvalue weighted by Crippen LogP contribution is 2.27. The molecule has 4 aromatic rings. The number of ether oxygens (including phenoxy) is 4. The van der Waals surface area contributed by atoms with Crippen molar-refractivity contribution >= 4 is 29.2 Å². The van der Waals surface area contributed by atoms with Gasteiger partial charge in [-0.3, -0.25) is 4.79 Å². The lowest BCUT2D eigenvalue weighted by Gasteiger charge is -2.23. The van der Waals surface area contributed by atoms with Crippen molar-refractivity contribution in [2.75, 3.05) is 0 Å². The van der Waals surface area contributed by atoms with Crippen LogP contribution in [0.1, 0.15) is 52.9 Å². The first-order valence-corrected chi connectivity index (χ1v) is 14.5. The van der Waals surface area contributed by atoms with Gasteiger partial charge in [-0.15, -0.1) is 0 Å². The van der Waals surface area contributed by atoms with Crippen LogP contribution < -0.4 is 20.2 Å². The van der Waals surface area contributed by atoms with Crippen molar-refractivity contribution < 1.29 is 42.1 Å². The minimum absolute atomic E-state index is 0.00754. The molecule has 0 aliphatic heterocycles. The molecule has 1 amide bonds. The van der Waals surface area contributed by atoms with E-state index in [2.05, 4.69) is 5.32 Å². The van der Waals surface area contributed by atoms with Crippen LogP contribution in [0.4, 0.5) is 14.0 Å². The Morgan fingerprint density at radius 3 is 2.04 bits per heavy atom. The molecule has 1 aromatic heterocycles. The van der Waals surface area contributed by atoms with Crippen molar-refractivity contribution in [2.24, 2.45) is 0 Å². The first-order valence-electron chi connectivity index (χ1n) is 14.5. The molecule has 0 aliphatic carbocycles. The molecular formula is C35H36FNO9. The summed E-state index contributed by atoms with van der Waals surface area (Å²) in [4.78, 5) is 51.3. The quantitative estimate of drug-likeness (QED) is 0.127. The van der Waals surface area contributed by atoms with Crippen LogP contribution in [0.5, 0.6) is 11.5 Å². The molecule has 0 aliphatic rings. The zero-order valence-electron chi connectivity index (χ0n) is 26.7. The van der Waals surface area contributed by atoms with Crippen molar-refractivity contribution in [1.29, 1.82) is 0 Å². The second-order valence-electron chi connectivity index (χ2n) is 12.6. The fourth-order valence-corrected chi connectivity index (χ4v) is 4.43. The standard InChI is InChI=1S/C35H36FNO9/c1-20-29(22-10-12-23(36)13-11-22)30(38)26-17-16-25(19-28(26)42-20)43-31(39)27(37-32(40)45-34(2,3)4)18-21-8-14-24(15-9-21)44-33(41)46-35(5,6)7/h8-17,19,27H,18H2,1-7H3,(H,37,40). The molecule has 3 aromatic carbocycles. The number of rotatable bonds is 7. The summed E-state index contributed by atoms with van der Waals surface area (Å²) in [5, 5.41) is 2.80. The summed E-state index contributed by atoms with van der Waals surface area (Å²) < 4.78 is 40.7. The van der Waals surface area contributed by atoms with Crippen molar-refractivity contribution in [3.8, 4) is 22.6 Å². The van der Waals surface area contributed by atoms with E-state index in [0.29, 0.717) is 22.5 Å². The van der Waals surface area contributed by atoms with E-state index < -0.39 is 41.3 Å². The predicted molar refractivity (Wildman–Crippen MR) is 168 cm³/mol. The summed E-state index contributed by atoms with van der Waals surface area (Å²) in [6.45, 7) is 11.8. The Bertz CT molecular complexity index is 1800. The molecule has 0 bridgehead atoms. The lowest BCUT2D eigenvalue weighted by atomic mass is 10.0. The van der Waals surface area contributed by atoms with Gasteiger partial charge in [0.05, 0.1) is 10.9 Å². The van der Waals surface area contributed by atoms with Gasteiger partial charge in [0.15, 0.2) is 0 Å². The molecule has 242 valence electrons. The molecule has 0 saturated heterocycles. The Morgan fingerprint density at radius 1 is 0.826 bits per heavy atom. The van der Waals surface area contributed by atoms with E-state index in [1.807, 2.05) is 0 Å². The minimum atomic E-state index is -1.18. The van der Waals surface area contributed by atoms with Crippen LogP contribution in [0.25, 0.3) is 22.1 Å². The van der Waals surface area contributed by atoms with Crippen LogP contribution >= 0.6 is 0 Å². The molecule has 0 fully saturated rings. The van der Waals surface area contributed by atoms with Gasteiger partial charge in [0.2, 0.25) is 5.43 Å². The zero-order chi connectivity index (χ0) is 33.8. The molecule has 0 spiro atoms. The third-order valence-corrected chi connectivity index (χ3v) is 6.32. The largest absolute Gasteiger partial charge is 0.514 e. The van der Waals surface area contributed by atoms with Gasteiger partial charge in [-0.2, -0.15) is 0 Å². The van der Waals surface area contributed by atoms with Crippen molar-refractivity contribution in [3.63, 3.8) is 0 Å². The van der Waals surface area contributed by atoms with Crippen LogP contribution in [-0.2, 0) is 20.7 Å². The average molecular weight is 634 g/mol. The summed E-state index contributed by atoms with van der Waals surface area (Å²) in [5.74, 6) is -0.626. The first kappa shape index (κ1) is 33.7. The Kier molecular flexibility index (Phi) is 9.84. The van der Waals surface area contributed by atoms with E-state index in [1.54, 1.807) is 60.6 Å². The molecule has 10 nitrogen and oxygen atoms in total. The van der Waals surface area contributed by atoms with Gasteiger partial charge in [-0.25, -0.2) is 18.8 Å². The third-order valence-electron chi connectivity index (χ3n) is 6.32. The molecular weight excluding hydrogens is 597 g/mol. The van der Waals surface area contributed by atoms with Gasteiger partial charge < -0.3 is 28.7 Å². The number of aryl methyl sites for hydroxylation is 1. The molecule has 0 radical (unpaired) electrons. The molecule has 46 heavy (non-hydrogen) atoms. The minimum Gasteiger partial charge on any atom is -0.460 e. The smallest absolute Gasteiger partial charge is 0.460 e. The average Bonchev–Trinajstić information content (AvgIpc) is 2.92. The number of fused-ring (bicyclic) bond motifs is 1. The number of hydrogen-bond acceptors (Lipinski definition) is 9. The first-order chi connectivity index (χ1) is 21.5. The highest BCUT2D eigenvalue weighted by atomic mass is 19.1. The van der Waals surface area contributed by atoms with Gasteiger partial charge in [-0.05, 0) is 96.0 Å². The Balaban J connectivity index is 1.55. The van der Waals surface area contributed by atoms with E-state index in [4.69, 9.17) is 23.4 Å². The molecule has 1 N–H and O–H groups in total. The molecule has 0 saturated carbocycles. The number of carbonyl (C=O) groups is 3. The normalized spacial score (nSPS) is 12.3. The van der Waals surface area contributed by atoms with Gasteiger partial charge >= 0.3 is 18.2 Å². The zero-order valence-corrected chi connectivity index (χ0v) is 26.7. The van der Waals surface area contributed by atoms with E-state index >= 15 is 0 Å². The number of amides is 1. The van der Waals surface area contributed by atoms with Crippen molar-refractivity contribution in [1.82, 2.24) is 5.32 Å². The Morgan fingerprint density at radius 2 is 1.43 bits per heavy atom. The second kappa shape index (κ2) is 13.4. The van der Waals surface area contributed by atoms with Gasteiger partial charge in [-0.1, -0.05) is 24.3 Å². The number of halogens is 1. The van der Waals surface area contributed by atoms with Crippen LogP contribution in [-0.4, -0.2) is 35.5 Å². The number of alkyl carbamates (subject to hydrolysis) is 1. The van der Waals surface area contributed by atoms with Gasteiger partial charge in [0, 0.05) is 12.5 Å². The van der Waals surface area contributed by atoms with Crippen LogP contribution in [0, 0.1) is 12.7 Å².